The first kappa shape index (κ1) is 18.2. The number of aromatic amines is 1. The summed E-state index contributed by atoms with van der Waals surface area (Å²) in [5.74, 6) is 0.679. The highest BCUT2D eigenvalue weighted by Crippen LogP contribution is 2.31. The van der Waals surface area contributed by atoms with Gasteiger partial charge in [0.25, 0.3) is 5.56 Å². The number of H-pyrrole nitrogens is 1. The van der Waals surface area contributed by atoms with Crippen LogP contribution in [0.3, 0.4) is 0 Å². The number of ether oxygens (including phenoxy) is 1. The smallest absolute Gasteiger partial charge is 0.316 e. The molecule has 0 unspecified atom stereocenters. The zero-order valence-corrected chi connectivity index (χ0v) is 16.5. The van der Waals surface area contributed by atoms with Gasteiger partial charge >= 0.3 is 6.01 Å². The van der Waals surface area contributed by atoms with E-state index in [1.54, 1.807) is 24.7 Å². The van der Waals surface area contributed by atoms with E-state index >= 15 is 0 Å². The van der Waals surface area contributed by atoms with E-state index in [-0.39, 0.29) is 17.7 Å². The van der Waals surface area contributed by atoms with Crippen LogP contribution in [0.2, 0.25) is 0 Å². The summed E-state index contributed by atoms with van der Waals surface area (Å²) in [6.45, 7) is 3.67. The maximum Gasteiger partial charge on any atom is 0.316 e. The minimum Gasteiger partial charge on any atom is -0.459 e. The summed E-state index contributed by atoms with van der Waals surface area (Å²) in [6.07, 6.45) is 10.5. The average molecular weight is 395 g/mol. The lowest BCUT2D eigenvalue weighted by Crippen LogP contribution is -2.30. The van der Waals surface area contributed by atoms with Crippen LogP contribution in [-0.4, -0.2) is 53.8 Å². The Balaban J connectivity index is 1.36. The Morgan fingerprint density at radius 2 is 2.00 bits per heavy atom. The van der Waals surface area contributed by atoms with E-state index in [9.17, 15) is 4.79 Å². The first-order valence-electron chi connectivity index (χ1n) is 10.3. The molecule has 0 aromatic carbocycles. The minimum absolute atomic E-state index is 0.0238. The first-order valence-corrected chi connectivity index (χ1v) is 10.3. The SMILES string of the molecule is C[C@H](c1nc2c(cnn2C2CCCC2)c(=O)[nH]1)N1CC[C@@H](Oc2ncccn2)C1. The van der Waals surface area contributed by atoms with Gasteiger partial charge < -0.3 is 9.72 Å². The van der Waals surface area contributed by atoms with Crippen LogP contribution in [0.4, 0.5) is 0 Å². The van der Waals surface area contributed by atoms with E-state index < -0.39 is 0 Å². The number of aromatic nitrogens is 6. The summed E-state index contributed by atoms with van der Waals surface area (Å²) in [5.41, 5.74) is 0.581. The third-order valence-electron chi connectivity index (χ3n) is 6.09. The van der Waals surface area contributed by atoms with Crippen LogP contribution >= 0.6 is 0 Å². The molecule has 5 rings (SSSR count). The lowest BCUT2D eigenvalue weighted by Gasteiger charge is -2.23. The number of fused-ring (bicyclic) bond motifs is 1. The molecule has 0 amide bonds. The van der Waals surface area contributed by atoms with Crippen molar-refractivity contribution in [3.05, 3.63) is 40.8 Å². The topological polar surface area (TPSA) is 102 Å². The second kappa shape index (κ2) is 7.55. The zero-order valence-electron chi connectivity index (χ0n) is 16.5. The molecule has 1 aliphatic heterocycles. The molecule has 2 atom stereocenters. The Kier molecular flexibility index (Phi) is 4.75. The molecular formula is C20H25N7O2. The normalized spacial score (nSPS) is 21.8. The third-order valence-corrected chi connectivity index (χ3v) is 6.09. The van der Waals surface area contributed by atoms with Crippen molar-refractivity contribution in [1.82, 2.24) is 34.6 Å². The molecule has 1 saturated carbocycles. The van der Waals surface area contributed by atoms with Gasteiger partial charge in [-0.3, -0.25) is 9.69 Å². The fraction of sp³-hybridized carbons (Fsp3) is 0.550. The Labute approximate surface area is 168 Å². The van der Waals surface area contributed by atoms with Crippen LogP contribution < -0.4 is 10.3 Å². The summed E-state index contributed by atoms with van der Waals surface area (Å²) in [7, 11) is 0. The predicted molar refractivity (Wildman–Crippen MR) is 107 cm³/mol. The number of rotatable bonds is 5. The highest BCUT2D eigenvalue weighted by atomic mass is 16.5. The summed E-state index contributed by atoms with van der Waals surface area (Å²) < 4.78 is 7.84. The molecule has 29 heavy (non-hydrogen) atoms. The molecule has 3 aromatic rings. The molecule has 3 aromatic heterocycles. The Morgan fingerprint density at radius 1 is 1.21 bits per heavy atom. The highest BCUT2D eigenvalue weighted by Gasteiger charge is 2.30. The van der Waals surface area contributed by atoms with Crippen LogP contribution in [0.5, 0.6) is 6.01 Å². The fourth-order valence-electron chi connectivity index (χ4n) is 4.44. The quantitative estimate of drug-likeness (QED) is 0.707. The Hall–Kier alpha value is -2.81. The molecule has 2 aliphatic rings. The summed E-state index contributed by atoms with van der Waals surface area (Å²) in [6, 6.07) is 2.50. The van der Waals surface area contributed by atoms with Crippen molar-refractivity contribution >= 4 is 11.0 Å². The first-order chi connectivity index (χ1) is 14.2. The van der Waals surface area contributed by atoms with Crippen LogP contribution in [0.15, 0.2) is 29.5 Å². The van der Waals surface area contributed by atoms with E-state index in [0.717, 1.165) is 32.4 Å². The van der Waals surface area contributed by atoms with Crippen LogP contribution in [0, 0.1) is 0 Å². The fourth-order valence-corrected chi connectivity index (χ4v) is 4.44. The Morgan fingerprint density at radius 3 is 2.79 bits per heavy atom. The summed E-state index contributed by atoms with van der Waals surface area (Å²) >= 11 is 0. The molecule has 152 valence electrons. The lowest BCUT2D eigenvalue weighted by molar-refractivity contribution is 0.169. The Bertz CT molecular complexity index is 1040. The van der Waals surface area contributed by atoms with Gasteiger partial charge in [-0.1, -0.05) is 12.8 Å². The van der Waals surface area contributed by atoms with E-state index in [1.165, 1.54) is 12.8 Å². The van der Waals surface area contributed by atoms with Gasteiger partial charge in [0, 0.05) is 25.5 Å². The lowest BCUT2D eigenvalue weighted by atomic mass is 10.2. The monoisotopic (exact) mass is 395 g/mol. The van der Waals surface area contributed by atoms with Crippen LogP contribution in [-0.2, 0) is 0 Å². The van der Waals surface area contributed by atoms with E-state index in [2.05, 4.69) is 31.9 Å². The van der Waals surface area contributed by atoms with E-state index in [4.69, 9.17) is 9.72 Å². The molecule has 1 saturated heterocycles. The average Bonchev–Trinajstić information content (AvgIpc) is 3.48. The number of hydrogen-bond donors (Lipinski definition) is 1. The molecule has 1 aliphatic carbocycles. The third kappa shape index (κ3) is 3.50. The summed E-state index contributed by atoms with van der Waals surface area (Å²) in [5, 5.41) is 5.05. The van der Waals surface area contributed by atoms with Gasteiger partial charge in [0.2, 0.25) is 0 Å². The maximum atomic E-state index is 12.6. The number of nitrogens with zero attached hydrogens (tertiary/aromatic N) is 6. The van der Waals surface area contributed by atoms with Gasteiger partial charge in [-0.25, -0.2) is 19.6 Å². The van der Waals surface area contributed by atoms with Crippen molar-refractivity contribution in [2.24, 2.45) is 0 Å². The van der Waals surface area contributed by atoms with Gasteiger partial charge in [-0.2, -0.15) is 5.10 Å². The maximum absolute atomic E-state index is 12.6. The molecular weight excluding hydrogens is 370 g/mol. The molecule has 0 bridgehead atoms. The molecule has 2 fully saturated rings. The second-order valence-corrected chi connectivity index (χ2v) is 7.95. The number of likely N-dealkylation sites (tertiary alicyclic amines) is 1. The van der Waals surface area contributed by atoms with Crippen LogP contribution in [0.1, 0.15) is 56.9 Å². The van der Waals surface area contributed by atoms with Crippen molar-refractivity contribution in [3.8, 4) is 6.01 Å². The van der Waals surface area contributed by atoms with Crippen LogP contribution in [0.25, 0.3) is 11.0 Å². The molecule has 9 heteroatoms. The van der Waals surface area contributed by atoms with Gasteiger partial charge in [0.15, 0.2) is 5.65 Å². The van der Waals surface area contributed by atoms with E-state index in [0.29, 0.717) is 28.9 Å². The largest absolute Gasteiger partial charge is 0.459 e. The predicted octanol–water partition coefficient (Wildman–Crippen LogP) is 2.24. The van der Waals surface area contributed by atoms with Gasteiger partial charge in [-0.15, -0.1) is 0 Å². The van der Waals surface area contributed by atoms with Crippen molar-refractivity contribution in [2.45, 2.75) is 57.2 Å². The molecule has 0 radical (unpaired) electrons. The summed E-state index contributed by atoms with van der Waals surface area (Å²) in [4.78, 5) is 31.0. The van der Waals surface area contributed by atoms with E-state index in [1.807, 2.05) is 4.68 Å². The van der Waals surface area contributed by atoms with Crippen molar-refractivity contribution < 1.29 is 4.74 Å². The molecule has 1 N–H and O–H groups in total. The van der Waals surface area contributed by atoms with Gasteiger partial charge in [0.1, 0.15) is 17.3 Å². The van der Waals surface area contributed by atoms with Crippen molar-refractivity contribution in [1.29, 1.82) is 0 Å². The molecule has 9 nitrogen and oxygen atoms in total. The molecule has 4 heterocycles. The molecule has 0 spiro atoms. The van der Waals surface area contributed by atoms with Gasteiger partial charge in [0.05, 0.1) is 18.3 Å². The number of nitrogens with one attached hydrogen (secondary N) is 1. The van der Waals surface area contributed by atoms with Gasteiger partial charge in [-0.05, 0) is 32.3 Å². The minimum atomic E-state index is -0.120. The van der Waals surface area contributed by atoms with Crippen molar-refractivity contribution in [3.63, 3.8) is 0 Å². The second-order valence-electron chi connectivity index (χ2n) is 7.95. The van der Waals surface area contributed by atoms with Crippen molar-refractivity contribution in [2.75, 3.05) is 13.1 Å². The standard InChI is InChI=1S/C20H25N7O2/c1-13(26-10-7-15(12-26)29-20-21-8-4-9-22-20)17-24-18-16(19(28)25-17)11-23-27(18)14-5-2-3-6-14/h4,8-9,11,13-15H,2-3,5-7,10,12H2,1H3,(H,24,25,28)/t13-,15-/m1/s1. The zero-order chi connectivity index (χ0) is 19.8. The highest BCUT2D eigenvalue weighted by molar-refractivity contribution is 5.73. The number of hydrogen-bond acceptors (Lipinski definition) is 7.